The van der Waals surface area contributed by atoms with Crippen molar-refractivity contribution in [2.75, 3.05) is 25.9 Å². The van der Waals surface area contributed by atoms with Gasteiger partial charge in [-0.05, 0) is 30.5 Å². The highest BCUT2D eigenvalue weighted by molar-refractivity contribution is 6.00. The molecule has 0 aliphatic carbocycles. The number of nitrogens with two attached hydrogens (primary N) is 1. The molecule has 2 aromatic heterocycles. The van der Waals surface area contributed by atoms with E-state index in [-0.39, 0.29) is 6.04 Å². The highest BCUT2D eigenvalue weighted by Crippen LogP contribution is 2.37. The van der Waals surface area contributed by atoms with Gasteiger partial charge >= 0.3 is 0 Å². The highest BCUT2D eigenvalue weighted by Gasteiger charge is 2.26. The molecule has 7 nitrogen and oxygen atoms in total. The van der Waals surface area contributed by atoms with Crippen molar-refractivity contribution in [3.05, 3.63) is 36.3 Å². The number of amides is 1. The molecule has 0 saturated carbocycles. The van der Waals surface area contributed by atoms with Crippen LogP contribution in [0.15, 0.2) is 30.7 Å². The molecule has 0 spiro atoms. The van der Waals surface area contributed by atoms with E-state index in [0.717, 1.165) is 52.8 Å². The molecular formula is C19H21N5O2. The van der Waals surface area contributed by atoms with Gasteiger partial charge in [-0.25, -0.2) is 9.97 Å². The number of nitrogens with zero attached hydrogens (tertiary/aromatic N) is 4. The summed E-state index contributed by atoms with van der Waals surface area (Å²) in [6.07, 6.45) is 5.35. The molecule has 2 N–H and O–H groups in total. The maximum Gasteiger partial charge on any atom is 0.209 e. The summed E-state index contributed by atoms with van der Waals surface area (Å²) in [6, 6.07) is 6.27. The number of rotatable bonds is 4. The predicted octanol–water partition coefficient (Wildman–Crippen LogP) is 2.40. The molecule has 3 aromatic rings. The Labute approximate surface area is 151 Å². The van der Waals surface area contributed by atoms with Gasteiger partial charge < -0.3 is 19.9 Å². The minimum absolute atomic E-state index is 0.179. The quantitative estimate of drug-likeness (QED) is 0.730. The van der Waals surface area contributed by atoms with Gasteiger partial charge in [0.15, 0.2) is 0 Å². The number of carbonyl (C=O) groups excluding carboxylic acids is 1. The summed E-state index contributed by atoms with van der Waals surface area (Å²) in [7, 11) is 1.67. The van der Waals surface area contributed by atoms with Crippen LogP contribution in [0.4, 0.5) is 5.82 Å². The fourth-order valence-corrected chi connectivity index (χ4v) is 3.68. The molecule has 0 bridgehead atoms. The van der Waals surface area contributed by atoms with Crippen LogP contribution in [0.25, 0.3) is 22.2 Å². The molecule has 4 rings (SSSR count). The van der Waals surface area contributed by atoms with Crippen molar-refractivity contribution < 1.29 is 9.53 Å². The summed E-state index contributed by atoms with van der Waals surface area (Å²) in [6.45, 7) is 3.44. The molecule has 1 unspecified atom stereocenters. The Morgan fingerprint density at radius 3 is 2.92 bits per heavy atom. The summed E-state index contributed by atoms with van der Waals surface area (Å²) in [5.41, 5.74) is 10.0. The number of methoxy groups -OCH3 is 1. The molecule has 1 aromatic carbocycles. The summed E-state index contributed by atoms with van der Waals surface area (Å²) in [5.74, 6) is 1.28. The molecule has 7 heteroatoms. The van der Waals surface area contributed by atoms with E-state index >= 15 is 0 Å². The van der Waals surface area contributed by atoms with Crippen LogP contribution in [0, 0.1) is 6.92 Å². The van der Waals surface area contributed by atoms with Gasteiger partial charge in [0.05, 0.1) is 18.5 Å². The van der Waals surface area contributed by atoms with E-state index in [0.29, 0.717) is 12.4 Å². The maximum atomic E-state index is 11.1. The molecule has 3 heterocycles. The third-order valence-electron chi connectivity index (χ3n) is 5.10. The second-order valence-corrected chi connectivity index (χ2v) is 6.63. The summed E-state index contributed by atoms with van der Waals surface area (Å²) >= 11 is 0. The second kappa shape index (κ2) is 6.33. The molecule has 1 amide bonds. The van der Waals surface area contributed by atoms with Crippen molar-refractivity contribution in [3.63, 3.8) is 0 Å². The number of benzene rings is 1. The van der Waals surface area contributed by atoms with Crippen LogP contribution in [0.5, 0.6) is 5.75 Å². The Morgan fingerprint density at radius 2 is 2.19 bits per heavy atom. The standard InChI is InChI=1S/C19H21N5O2/c1-12-3-4-13(7-16(12)26-2)15-9-24(14-5-6-23(8-14)11-25)19-17(15)18(20)21-10-22-19/h3-4,7,9-11,14H,5-6,8H2,1-2H3,(H2,20,21,22). The van der Waals surface area contributed by atoms with Gasteiger partial charge in [0.1, 0.15) is 23.5 Å². The van der Waals surface area contributed by atoms with E-state index in [1.165, 1.54) is 6.33 Å². The van der Waals surface area contributed by atoms with E-state index in [4.69, 9.17) is 10.5 Å². The lowest BCUT2D eigenvalue weighted by Gasteiger charge is -2.13. The van der Waals surface area contributed by atoms with Crippen molar-refractivity contribution in [3.8, 4) is 16.9 Å². The van der Waals surface area contributed by atoms with E-state index in [1.807, 2.05) is 19.1 Å². The zero-order chi connectivity index (χ0) is 18.3. The molecule has 26 heavy (non-hydrogen) atoms. The number of nitrogen functional groups attached to an aromatic ring is 1. The number of fused-ring (bicyclic) bond motifs is 1. The normalized spacial score (nSPS) is 17.0. The minimum Gasteiger partial charge on any atom is -0.496 e. The van der Waals surface area contributed by atoms with Crippen LogP contribution < -0.4 is 10.5 Å². The Hall–Kier alpha value is -3.09. The van der Waals surface area contributed by atoms with Crippen molar-refractivity contribution in [1.29, 1.82) is 0 Å². The summed E-state index contributed by atoms with van der Waals surface area (Å²) in [4.78, 5) is 21.5. The Kier molecular flexibility index (Phi) is 3.99. The first-order valence-electron chi connectivity index (χ1n) is 8.57. The Bertz CT molecular complexity index is 981. The smallest absolute Gasteiger partial charge is 0.209 e. The first kappa shape index (κ1) is 16.4. The van der Waals surface area contributed by atoms with Crippen molar-refractivity contribution in [2.24, 2.45) is 0 Å². The van der Waals surface area contributed by atoms with Crippen LogP contribution in [0.1, 0.15) is 18.0 Å². The molecule has 1 aliphatic heterocycles. The van der Waals surface area contributed by atoms with Crippen LogP contribution in [0.3, 0.4) is 0 Å². The first-order valence-corrected chi connectivity index (χ1v) is 8.57. The zero-order valence-corrected chi connectivity index (χ0v) is 14.8. The summed E-state index contributed by atoms with van der Waals surface area (Å²) < 4.78 is 7.59. The van der Waals surface area contributed by atoms with Crippen molar-refractivity contribution in [1.82, 2.24) is 19.4 Å². The molecule has 134 valence electrons. The maximum absolute atomic E-state index is 11.1. The zero-order valence-electron chi connectivity index (χ0n) is 14.8. The van der Waals surface area contributed by atoms with Gasteiger partial charge in [0.2, 0.25) is 6.41 Å². The summed E-state index contributed by atoms with van der Waals surface area (Å²) in [5, 5.41) is 0.836. The van der Waals surface area contributed by atoms with E-state index in [9.17, 15) is 4.79 Å². The molecule has 0 radical (unpaired) electrons. The number of carbonyl (C=O) groups is 1. The van der Waals surface area contributed by atoms with Crippen LogP contribution in [-0.4, -0.2) is 46.0 Å². The lowest BCUT2D eigenvalue weighted by atomic mass is 10.0. The van der Waals surface area contributed by atoms with Crippen LogP contribution in [-0.2, 0) is 4.79 Å². The van der Waals surface area contributed by atoms with Crippen molar-refractivity contribution >= 4 is 23.3 Å². The molecular weight excluding hydrogens is 330 g/mol. The number of aromatic nitrogens is 3. The number of likely N-dealkylation sites (tertiary alicyclic amines) is 1. The fraction of sp³-hybridized carbons (Fsp3) is 0.316. The van der Waals surface area contributed by atoms with Gasteiger partial charge in [0.25, 0.3) is 0 Å². The Balaban J connectivity index is 1.89. The topological polar surface area (TPSA) is 86.3 Å². The van der Waals surface area contributed by atoms with Gasteiger partial charge in [-0.1, -0.05) is 12.1 Å². The number of anilines is 1. The monoisotopic (exact) mass is 351 g/mol. The molecule has 1 saturated heterocycles. The second-order valence-electron chi connectivity index (χ2n) is 6.63. The average Bonchev–Trinajstić information content (AvgIpc) is 3.27. The lowest BCUT2D eigenvalue weighted by Crippen LogP contribution is -2.19. The SMILES string of the molecule is COc1cc(-c2cn(C3CCN(C=O)C3)c3ncnc(N)c23)ccc1C. The van der Waals surface area contributed by atoms with E-state index in [2.05, 4.69) is 26.8 Å². The van der Waals surface area contributed by atoms with E-state index < -0.39 is 0 Å². The number of aryl methyl sites for hydroxylation is 1. The van der Waals surface area contributed by atoms with Gasteiger partial charge in [-0.15, -0.1) is 0 Å². The molecule has 1 aliphatic rings. The average molecular weight is 351 g/mol. The molecule has 1 fully saturated rings. The highest BCUT2D eigenvalue weighted by atomic mass is 16.5. The van der Waals surface area contributed by atoms with Crippen LogP contribution in [0.2, 0.25) is 0 Å². The van der Waals surface area contributed by atoms with Crippen LogP contribution >= 0.6 is 0 Å². The van der Waals surface area contributed by atoms with Gasteiger partial charge in [-0.3, -0.25) is 4.79 Å². The largest absolute Gasteiger partial charge is 0.496 e. The number of ether oxygens (including phenoxy) is 1. The number of hydrogen-bond donors (Lipinski definition) is 1. The predicted molar refractivity (Wildman–Crippen MR) is 100.0 cm³/mol. The lowest BCUT2D eigenvalue weighted by molar-refractivity contribution is -0.117. The van der Waals surface area contributed by atoms with Crippen molar-refractivity contribution in [2.45, 2.75) is 19.4 Å². The first-order chi connectivity index (χ1) is 12.6. The molecule has 1 atom stereocenters. The van der Waals surface area contributed by atoms with Gasteiger partial charge in [-0.2, -0.15) is 0 Å². The minimum atomic E-state index is 0.179. The van der Waals surface area contributed by atoms with Gasteiger partial charge in [0, 0.05) is 24.8 Å². The Morgan fingerprint density at radius 1 is 1.35 bits per heavy atom. The fourth-order valence-electron chi connectivity index (χ4n) is 3.68. The van der Waals surface area contributed by atoms with E-state index in [1.54, 1.807) is 12.0 Å². The third kappa shape index (κ3) is 2.56. The third-order valence-corrected chi connectivity index (χ3v) is 5.10. The number of hydrogen-bond acceptors (Lipinski definition) is 5.